The standard InChI is InChI=1S/C24H21NO/c1-25(2)23-12-6-11-22(23)19-9-5-10-20(16-19)24(26)21-14-13-17-7-3-4-8-18(17)15-21/h3-10,12-16H,11H2,1-2H3. The first kappa shape index (κ1) is 16.3. The Morgan fingerprint density at radius 2 is 1.62 bits per heavy atom. The molecule has 3 aromatic rings. The minimum Gasteiger partial charge on any atom is -0.377 e. The summed E-state index contributed by atoms with van der Waals surface area (Å²) < 4.78 is 0. The van der Waals surface area contributed by atoms with Crippen molar-refractivity contribution in [2.24, 2.45) is 0 Å². The second-order valence-corrected chi connectivity index (χ2v) is 6.84. The Bertz CT molecular complexity index is 1060. The molecule has 26 heavy (non-hydrogen) atoms. The fraction of sp³-hybridized carbons (Fsp3) is 0.125. The molecule has 0 bridgehead atoms. The van der Waals surface area contributed by atoms with Gasteiger partial charge in [0.2, 0.25) is 0 Å². The SMILES string of the molecule is CN(C)C1=C(c2cccc(C(=O)c3ccc4ccccc4c3)c2)CC=C1. The van der Waals surface area contributed by atoms with Gasteiger partial charge in [0, 0.05) is 30.9 Å². The van der Waals surface area contributed by atoms with Crippen LogP contribution in [0, 0.1) is 0 Å². The number of fused-ring (bicyclic) bond motifs is 1. The topological polar surface area (TPSA) is 20.3 Å². The van der Waals surface area contributed by atoms with Crippen LogP contribution in [-0.2, 0) is 0 Å². The molecule has 4 rings (SSSR count). The van der Waals surface area contributed by atoms with Gasteiger partial charge in [-0.1, -0.05) is 60.7 Å². The summed E-state index contributed by atoms with van der Waals surface area (Å²) in [5.74, 6) is 0.0653. The zero-order chi connectivity index (χ0) is 18.1. The lowest BCUT2D eigenvalue weighted by Gasteiger charge is -2.16. The highest BCUT2D eigenvalue weighted by Crippen LogP contribution is 2.30. The summed E-state index contributed by atoms with van der Waals surface area (Å²) in [5, 5.41) is 2.24. The minimum absolute atomic E-state index is 0.0653. The van der Waals surface area contributed by atoms with Crippen molar-refractivity contribution in [2.45, 2.75) is 6.42 Å². The van der Waals surface area contributed by atoms with Gasteiger partial charge in [0.1, 0.15) is 0 Å². The molecule has 2 heteroatoms. The zero-order valence-corrected chi connectivity index (χ0v) is 15.1. The number of allylic oxidation sites excluding steroid dienone is 3. The van der Waals surface area contributed by atoms with Crippen LogP contribution in [0.4, 0.5) is 0 Å². The Balaban J connectivity index is 1.72. The van der Waals surface area contributed by atoms with Crippen molar-refractivity contribution in [3.05, 3.63) is 101 Å². The summed E-state index contributed by atoms with van der Waals surface area (Å²) in [6.45, 7) is 0. The molecule has 1 aliphatic rings. The van der Waals surface area contributed by atoms with Crippen LogP contribution in [0.3, 0.4) is 0 Å². The molecule has 2 nitrogen and oxygen atoms in total. The monoisotopic (exact) mass is 339 g/mol. The summed E-state index contributed by atoms with van der Waals surface area (Å²) in [5.41, 5.74) is 5.05. The van der Waals surface area contributed by atoms with Crippen LogP contribution in [0.15, 0.2) is 84.6 Å². The molecule has 0 amide bonds. The Morgan fingerprint density at radius 1 is 0.846 bits per heavy atom. The van der Waals surface area contributed by atoms with Gasteiger partial charge in [-0.05, 0) is 46.5 Å². The molecule has 3 aromatic carbocycles. The summed E-state index contributed by atoms with van der Waals surface area (Å²) >= 11 is 0. The number of hydrogen-bond donors (Lipinski definition) is 0. The zero-order valence-electron chi connectivity index (χ0n) is 15.1. The Hall–Kier alpha value is -3.13. The van der Waals surface area contributed by atoms with Crippen LogP contribution < -0.4 is 0 Å². The van der Waals surface area contributed by atoms with E-state index < -0.39 is 0 Å². The highest BCUT2D eigenvalue weighted by Gasteiger charge is 2.15. The van der Waals surface area contributed by atoms with Gasteiger partial charge in [-0.25, -0.2) is 0 Å². The summed E-state index contributed by atoms with van der Waals surface area (Å²) in [6, 6.07) is 22.0. The van der Waals surface area contributed by atoms with Crippen LogP contribution in [0.5, 0.6) is 0 Å². The third-order valence-corrected chi connectivity index (χ3v) is 4.87. The number of rotatable bonds is 4. The molecule has 0 radical (unpaired) electrons. The number of carbonyl (C=O) groups is 1. The average molecular weight is 339 g/mol. The Labute approximate surface area is 154 Å². The maximum atomic E-state index is 13.0. The van der Waals surface area contributed by atoms with E-state index in [1.807, 2.05) is 54.6 Å². The van der Waals surface area contributed by atoms with Gasteiger partial charge in [0.25, 0.3) is 0 Å². The Kier molecular flexibility index (Phi) is 4.18. The van der Waals surface area contributed by atoms with Gasteiger partial charge in [-0.2, -0.15) is 0 Å². The number of ketones is 1. The smallest absolute Gasteiger partial charge is 0.193 e. The lowest BCUT2D eigenvalue weighted by molar-refractivity contribution is 0.103. The molecular formula is C24H21NO. The van der Waals surface area contributed by atoms with Crippen molar-refractivity contribution in [1.82, 2.24) is 4.90 Å². The number of carbonyl (C=O) groups excluding carboxylic acids is 1. The molecule has 0 saturated carbocycles. The molecular weight excluding hydrogens is 318 g/mol. The fourth-order valence-electron chi connectivity index (χ4n) is 3.52. The van der Waals surface area contributed by atoms with Crippen molar-refractivity contribution < 1.29 is 4.79 Å². The summed E-state index contributed by atoms with van der Waals surface area (Å²) in [7, 11) is 4.10. The maximum absolute atomic E-state index is 13.0. The van der Waals surface area contributed by atoms with Crippen molar-refractivity contribution in [2.75, 3.05) is 14.1 Å². The lowest BCUT2D eigenvalue weighted by atomic mass is 9.96. The van der Waals surface area contributed by atoms with E-state index in [9.17, 15) is 4.79 Å². The quantitative estimate of drug-likeness (QED) is 0.601. The summed E-state index contributed by atoms with van der Waals surface area (Å²) in [6.07, 6.45) is 5.22. The second kappa shape index (κ2) is 6.64. The van der Waals surface area contributed by atoms with Crippen LogP contribution in [-0.4, -0.2) is 24.8 Å². The first-order valence-corrected chi connectivity index (χ1v) is 8.84. The van der Waals surface area contributed by atoms with Crippen molar-refractivity contribution >= 4 is 22.1 Å². The van der Waals surface area contributed by atoms with Crippen molar-refractivity contribution in [1.29, 1.82) is 0 Å². The van der Waals surface area contributed by atoms with Crippen molar-refractivity contribution in [3.8, 4) is 0 Å². The van der Waals surface area contributed by atoms with Gasteiger partial charge < -0.3 is 4.90 Å². The normalized spacial score (nSPS) is 13.5. The number of hydrogen-bond acceptors (Lipinski definition) is 2. The average Bonchev–Trinajstić information content (AvgIpc) is 3.17. The first-order valence-electron chi connectivity index (χ1n) is 8.84. The van der Waals surface area contributed by atoms with E-state index in [2.05, 4.69) is 43.3 Å². The number of nitrogens with zero attached hydrogens (tertiary/aromatic N) is 1. The van der Waals surface area contributed by atoms with Crippen LogP contribution in [0.2, 0.25) is 0 Å². The Morgan fingerprint density at radius 3 is 2.42 bits per heavy atom. The van der Waals surface area contributed by atoms with Gasteiger partial charge in [0.05, 0.1) is 0 Å². The van der Waals surface area contributed by atoms with E-state index in [0.29, 0.717) is 0 Å². The molecule has 0 aliphatic heterocycles. The third-order valence-electron chi connectivity index (χ3n) is 4.87. The molecule has 0 unspecified atom stereocenters. The van der Waals surface area contributed by atoms with Crippen LogP contribution in [0.25, 0.3) is 16.3 Å². The van der Waals surface area contributed by atoms with Gasteiger partial charge >= 0.3 is 0 Å². The molecule has 0 heterocycles. The molecule has 0 saturated heterocycles. The van der Waals surface area contributed by atoms with E-state index in [1.54, 1.807) is 0 Å². The highest BCUT2D eigenvalue weighted by molar-refractivity contribution is 6.11. The van der Waals surface area contributed by atoms with E-state index in [-0.39, 0.29) is 5.78 Å². The van der Waals surface area contributed by atoms with Gasteiger partial charge in [-0.15, -0.1) is 0 Å². The predicted octanol–water partition coefficient (Wildman–Crippen LogP) is 5.30. The molecule has 0 atom stereocenters. The van der Waals surface area contributed by atoms with Gasteiger partial charge in [-0.3, -0.25) is 4.79 Å². The molecule has 1 aliphatic carbocycles. The van der Waals surface area contributed by atoms with Gasteiger partial charge in [0.15, 0.2) is 5.78 Å². The van der Waals surface area contributed by atoms with Crippen LogP contribution >= 0.6 is 0 Å². The third kappa shape index (κ3) is 2.95. The molecule has 0 N–H and O–H groups in total. The largest absolute Gasteiger partial charge is 0.377 e. The molecule has 0 spiro atoms. The maximum Gasteiger partial charge on any atom is 0.193 e. The molecule has 0 aromatic heterocycles. The van der Waals surface area contributed by atoms with E-state index in [0.717, 1.165) is 33.9 Å². The van der Waals surface area contributed by atoms with Crippen molar-refractivity contribution in [3.63, 3.8) is 0 Å². The van der Waals surface area contributed by atoms with Crippen LogP contribution in [0.1, 0.15) is 27.9 Å². The lowest BCUT2D eigenvalue weighted by Crippen LogP contribution is -2.10. The first-order chi connectivity index (χ1) is 12.6. The second-order valence-electron chi connectivity index (χ2n) is 6.84. The fourth-order valence-corrected chi connectivity index (χ4v) is 3.52. The molecule has 0 fully saturated rings. The van der Waals surface area contributed by atoms with E-state index in [4.69, 9.17) is 0 Å². The van der Waals surface area contributed by atoms with E-state index in [1.165, 1.54) is 11.3 Å². The number of benzene rings is 3. The summed E-state index contributed by atoms with van der Waals surface area (Å²) in [4.78, 5) is 15.2. The van der Waals surface area contributed by atoms with E-state index >= 15 is 0 Å². The molecule has 128 valence electrons. The predicted molar refractivity (Wildman–Crippen MR) is 108 cm³/mol. The number of likely N-dealkylation sites (N-methyl/N-ethyl adjacent to an activating group) is 1. The minimum atomic E-state index is 0.0653. The highest BCUT2D eigenvalue weighted by atomic mass is 16.1.